The second-order valence-corrected chi connectivity index (χ2v) is 9.36. The number of hydrogen-bond donors (Lipinski definition) is 1. The average Bonchev–Trinajstić information content (AvgIpc) is 3.28. The third kappa shape index (κ3) is 4.87. The molecule has 6 heteroatoms. The number of allylic oxidation sites excluding steroid dienone is 2. The summed E-state index contributed by atoms with van der Waals surface area (Å²) in [5.41, 5.74) is 5.02. The standard InChI is InChI=1S/C29H28N2O4/c1-18-10-12-21(13-11-18)30-22-8-5-9-24(32)28(22)25(33)15-14-23-29-26(34)16-20(17-27(29)35-31-23)19-6-3-2-4-7-19/h2-4,6-7,10-13,20,33H,5,8-9,14-17H2,1H3. The third-order valence-corrected chi connectivity index (χ3v) is 6.82. The Balaban J connectivity index is 1.36. The van der Waals surface area contributed by atoms with Crippen molar-refractivity contribution in [1.29, 1.82) is 0 Å². The van der Waals surface area contributed by atoms with Crippen LogP contribution in [0.25, 0.3) is 0 Å². The SMILES string of the molecule is Cc1ccc(N=C2CCCC(=O)C2=C(O)CCc2noc3c2C(=O)CC(c2ccccc2)C3)cc1. The third-order valence-electron chi connectivity index (χ3n) is 6.82. The molecule has 2 aliphatic carbocycles. The zero-order valence-electron chi connectivity index (χ0n) is 19.8. The van der Waals surface area contributed by atoms with Gasteiger partial charge in [0, 0.05) is 32.1 Å². The molecule has 2 aliphatic rings. The van der Waals surface area contributed by atoms with Crippen LogP contribution >= 0.6 is 0 Å². The van der Waals surface area contributed by atoms with Crippen LogP contribution in [0.1, 0.15) is 71.0 Å². The first kappa shape index (κ1) is 23.0. The molecule has 6 nitrogen and oxygen atoms in total. The van der Waals surface area contributed by atoms with E-state index in [0.29, 0.717) is 66.8 Å². The maximum atomic E-state index is 13.0. The van der Waals surface area contributed by atoms with E-state index in [0.717, 1.165) is 16.8 Å². The lowest BCUT2D eigenvalue weighted by Gasteiger charge is -2.20. The molecule has 3 aromatic rings. The van der Waals surface area contributed by atoms with E-state index >= 15 is 0 Å². The number of fused-ring (bicyclic) bond motifs is 1. The number of aryl methyl sites for hydroxylation is 2. The van der Waals surface area contributed by atoms with Crippen molar-refractivity contribution in [2.24, 2.45) is 4.99 Å². The number of aromatic nitrogens is 1. The predicted molar refractivity (Wildman–Crippen MR) is 133 cm³/mol. The van der Waals surface area contributed by atoms with Gasteiger partial charge in [-0.05, 0) is 43.4 Å². The number of nitrogens with zero attached hydrogens (tertiary/aromatic N) is 2. The minimum absolute atomic E-state index is 0.00253. The summed E-state index contributed by atoms with van der Waals surface area (Å²) < 4.78 is 5.56. The van der Waals surface area contributed by atoms with Crippen LogP contribution in [0, 0.1) is 6.92 Å². The molecule has 35 heavy (non-hydrogen) atoms. The molecule has 1 heterocycles. The highest BCUT2D eigenvalue weighted by Crippen LogP contribution is 2.35. The summed E-state index contributed by atoms with van der Waals surface area (Å²) in [5.74, 6) is 0.603. The molecule has 1 N–H and O–H groups in total. The van der Waals surface area contributed by atoms with E-state index in [4.69, 9.17) is 4.52 Å². The van der Waals surface area contributed by atoms with Crippen molar-refractivity contribution in [1.82, 2.24) is 5.16 Å². The molecular weight excluding hydrogens is 440 g/mol. The van der Waals surface area contributed by atoms with Gasteiger partial charge in [0.2, 0.25) is 0 Å². The summed E-state index contributed by atoms with van der Waals surface area (Å²) in [6, 6.07) is 17.7. The van der Waals surface area contributed by atoms with Gasteiger partial charge >= 0.3 is 0 Å². The number of aliphatic imine (C=N–C) groups is 1. The Labute approximate surface area is 204 Å². The maximum Gasteiger partial charge on any atom is 0.168 e. The van der Waals surface area contributed by atoms with Gasteiger partial charge < -0.3 is 9.63 Å². The summed E-state index contributed by atoms with van der Waals surface area (Å²) in [6.07, 6.45) is 3.29. The van der Waals surface area contributed by atoms with Gasteiger partial charge in [-0.1, -0.05) is 53.2 Å². The fourth-order valence-electron chi connectivity index (χ4n) is 4.98. The Morgan fingerprint density at radius 3 is 2.57 bits per heavy atom. The van der Waals surface area contributed by atoms with Crippen LogP contribution in [0.4, 0.5) is 5.69 Å². The fourth-order valence-corrected chi connectivity index (χ4v) is 4.98. The number of aliphatic hydroxyl groups excluding tert-OH is 1. The molecular formula is C29H28N2O4. The molecule has 1 unspecified atom stereocenters. The number of carbonyl (C=O) groups excluding carboxylic acids is 2. The number of rotatable bonds is 5. The van der Waals surface area contributed by atoms with Gasteiger partial charge in [0.15, 0.2) is 11.6 Å². The Hall–Kier alpha value is -3.80. The van der Waals surface area contributed by atoms with E-state index in [1.165, 1.54) is 0 Å². The Bertz CT molecular complexity index is 1320. The number of Topliss-reactive ketones (excluding diaryl/α,β-unsaturated/α-hetero) is 2. The van der Waals surface area contributed by atoms with Crippen molar-refractivity contribution < 1.29 is 19.2 Å². The molecule has 0 saturated heterocycles. The van der Waals surface area contributed by atoms with Crippen molar-refractivity contribution in [2.45, 2.75) is 57.8 Å². The zero-order chi connectivity index (χ0) is 24.4. The van der Waals surface area contributed by atoms with Crippen molar-refractivity contribution in [3.63, 3.8) is 0 Å². The summed E-state index contributed by atoms with van der Waals surface area (Å²) in [5, 5.41) is 15.1. The van der Waals surface area contributed by atoms with Crippen LogP contribution in [0.2, 0.25) is 0 Å². The summed E-state index contributed by atoms with van der Waals surface area (Å²) in [6.45, 7) is 2.01. The quantitative estimate of drug-likeness (QED) is 0.357. The van der Waals surface area contributed by atoms with Gasteiger partial charge in [-0.25, -0.2) is 0 Å². The number of benzene rings is 2. The van der Waals surface area contributed by atoms with E-state index < -0.39 is 0 Å². The first-order valence-electron chi connectivity index (χ1n) is 12.1. The van der Waals surface area contributed by atoms with Crippen molar-refractivity contribution in [3.05, 3.63) is 94.1 Å². The van der Waals surface area contributed by atoms with Crippen LogP contribution in [-0.2, 0) is 17.6 Å². The topological polar surface area (TPSA) is 92.8 Å². The largest absolute Gasteiger partial charge is 0.511 e. The van der Waals surface area contributed by atoms with Gasteiger partial charge in [0.05, 0.1) is 28.2 Å². The van der Waals surface area contributed by atoms with E-state index in [2.05, 4.69) is 10.1 Å². The first-order chi connectivity index (χ1) is 17.0. The molecule has 1 fully saturated rings. The van der Waals surface area contributed by atoms with Crippen molar-refractivity contribution in [3.8, 4) is 0 Å². The summed E-state index contributed by atoms with van der Waals surface area (Å²) >= 11 is 0. The second kappa shape index (κ2) is 9.82. The van der Waals surface area contributed by atoms with E-state index in [1.807, 2.05) is 61.5 Å². The summed E-state index contributed by atoms with van der Waals surface area (Å²) in [7, 11) is 0. The minimum atomic E-state index is -0.0939. The number of hydrogen-bond acceptors (Lipinski definition) is 6. The molecule has 178 valence electrons. The van der Waals surface area contributed by atoms with Gasteiger partial charge in [-0.15, -0.1) is 0 Å². The maximum absolute atomic E-state index is 13.0. The molecule has 0 spiro atoms. The monoisotopic (exact) mass is 468 g/mol. The molecule has 1 atom stereocenters. The van der Waals surface area contributed by atoms with E-state index in [9.17, 15) is 14.7 Å². The Kier molecular flexibility index (Phi) is 6.45. The molecule has 0 aliphatic heterocycles. The lowest BCUT2D eigenvalue weighted by atomic mass is 9.81. The molecule has 1 aromatic heterocycles. The van der Waals surface area contributed by atoms with Crippen LogP contribution in [0.3, 0.4) is 0 Å². The zero-order valence-corrected chi connectivity index (χ0v) is 19.8. The lowest BCUT2D eigenvalue weighted by Crippen LogP contribution is -2.21. The highest BCUT2D eigenvalue weighted by atomic mass is 16.5. The smallest absolute Gasteiger partial charge is 0.168 e. The van der Waals surface area contributed by atoms with Crippen LogP contribution in [-0.4, -0.2) is 27.5 Å². The molecule has 0 bridgehead atoms. The van der Waals surface area contributed by atoms with E-state index in [1.54, 1.807) is 0 Å². The second-order valence-electron chi connectivity index (χ2n) is 9.36. The first-order valence-corrected chi connectivity index (χ1v) is 12.1. The normalized spacial score (nSPS) is 20.7. The van der Waals surface area contributed by atoms with Crippen LogP contribution < -0.4 is 0 Å². The molecule has 2 aromatic carbocycles. The molecule has 0 amide bonds. The molecule has 5 rings (SSSR count). The summed E-state index contributed by atoms with van der Waals surface area (Å²) in [4.78, 5) is 30.4. The highest BCUT2D eigenvalue weighted by Gasteiger charge is 2.33. The number of ketones is 2. The number of aliphatic hydroxyl groups is 1. The van der Waals surface area contributed by atoms with Gasteiger partial charge in [0.25, 0.3) is 0 Å². The minimum Gasteiger partial charge on any atom is -0.511 e. The number of carbonyl (C=O) groups is 2. The van der Waals surface area contributed by atoms with E-state index in [-0.39, 0.29) is 29.7 Å². The van der Waals surface area contributed by atoms with Gasteiger partial charge in [-0.3, -0.25) is 14.6 Å². The van der Waals surface area contributed by atoms with Crippen LogP contribution in [0.5, 0.6) is 0 Å². The highest BCUT2D eigenvalue weighted by molar-refractivity contribution is 6.24. The lowest BCUT2D eigenvalue weighted by molar-refractivity contribution is -0.115. The average molecular weight is 469 g/mol. The van der Waals surface area contributed by atoms with Crippen molar-refractivity contribution >= 4 is 23.0 Å². The van der Waals surface area contributed by atoms with Crippen molar-refractivity contribution in [2.75, 3.05) is 0 Å². The Morgan fingerprint density at radius 1 is 1.03 bits per heavy atom. The van der Waals surface area contributed by atoms with Gasteiger partial charge in [0.1, 0.15) is 11.5 Å². The van der Waals surface area contributed by atoms with Gasteiger partial charge in [-0.2, -0.15) is 0 Å². The Morgan fingerprint density at radius 2 is 1.80 bits per heavy atom. The molecule has 0 radical (unpaired) electrons. The fraction of sp³-hybridized carbons (Fsp3) is 0.310. The molecule has 1 saturated carbocycles. The predicted octanol–water partition coefficient (Wildman–Crippen LogP) is 6.17. The van der Waals surface area contributed by atoms with Crippen LogP contribution in [0.15, 0.2) is 75.4 Å².